The topological polar surface area (TPSA) is 46.5 Å². The Morgan fingerprint density at radius 3 is 2.57 bits per heavy atom. The van der Waals surface area contributed by atoms with E-state index < -0.39 is 5.97 Å². The molecule has 1 aliphatic heterocycles. The normalized spacial score (nSPS) is 42.9. The Bertz CT molecular complexity index is 229. The van der Waals surface area contributed by atoms with Crippen molar-refractivity contribution in [2.24, 2.45) is 11.8 Å². The van der Waals surface area contributed by atoms with Crippen molar-refractivity contribution in [3.05, 3.63) is 0 Å². The maximum atomic E-state index is 11.1. The summed E-state index contributed by atoms with van der Waals surface area (Å²) in [7, 11) is 0. The Hall–Kier alpha value is -0.570. The van der Waals surface area contributed by atoms with Crippen molar-refractivity contribution in [3.63, 3.8) is 0 Å². The lowest BCUT2D eigenvalue weighted by molar-refractivity contribution is -0.151. The molecule has 0 bridgehead atoms. The van der Waals surface area contributed by atoms with E-state index in [-0.39, 0.29) is 11.5 Å². The van der Waals surface area contributed by atoms with E-state index in [1.165, 1.54) is 0 Å². The van der Waals surface area contributed by atoms with Gasteiger partial charge in [-0.15, -0.1) is 0 Å². The van der Waals surface area contributed by atoms with E-state index in [2.05, 4.69) is 6.92 Å². The molecule has 3 heteroatoms. The van der Waals surface area contributed by atoms with E-state index in [0.717, 1.165) is 31.6 Å². The highest BCUT2D eigenvalue weighted by atomic mass is 16.5. The fourth-order valence-corrected chi connectivity index (χ4v) is 2.84. The Kier molecular flexibility index (Phi) is 2.52. The van der Waals surface area contributed by atoms with E-state index in [1.54, 1.807) is 0 Å². The first-order chi connectivity index (χ1) is 6.64. The molecule has 1 N–H and O–H groups in total. The van der Waals surface area contributed by atoms with Crippen molar-refractivity contribution in [1.29, 1.82) is 0 Å². The van der Waals surface area contributed by atoms with Gasteiger partial charge in [-0.3, -0.25) is 4.79 Å². The zero-order valence-corrected chi connectivity index (χ0v) is 8.66. The summed E-state index contributed by atoms with van der Waals surface area (Å²) in [5.41, 5.74) is -0.307. The van der Waals surface area contributed by atoms with Gasteiger partial charge in [0.25, 0.3) is 0 Å². The number of carboxylic acids is 1. The molecule has 1 atom stereocenters. The average molecular weight is 198 g/mol. The standard InChI is InChI=1S/C11H18O3/c1-8-2-5-11(6-3-8)9(10(12)13)4-7-14-11/h8-9H,2-7H2,1H3,(H,12,13). The molecular formula is C11H18O3. The average Bonchev–Trinajstić information content (AvgIpc) is 2.55. The molecule has 0 aromatic carbocycles. The van der Waals surface area contributed by atoms with Crippen molar-refractivity contribution < 1.29 is 14.6 Å². The van der Waals surface area contributed by atoms with Gasteiger partial charge in [0, 0.05) is 6.61 Å². The molecule has 0 aromatic rings. The molecule has 1 aliphatic carbocycles. The zero-order chi connectivity index (χ0) is 10.2. The molecule has 1 saturated carbocycles. The highest BCUT2D eigenvalue weighted by Gasteiger charge is 2.49. The largest absolute Gasteiger partial charge is 0.481 e. The van der Waals surface area contributed by atoms with Crippen LogP contribution in [0.25, 0.3) is 0 Å². The summed E-state index contributed by atoms with van der Waals surface area (Å²) < 4.78 is 5.72. The van der Waals surface area contributed by atoms with Crippen LogP contribution in [0.4, 0.5) is 0 Å². The van der Waals surface area contributed by atoms with Gasteiger partial charge in [-0.25, -0.2) is 0 Å². The van der Waals surface area contributed by atoms with Crippen LogP contribution in [0.2, 0.25) is 0 Å². The summed E-state index contributed by atoms with van der Waals surface area (Å²) in [5, 5.41) is 9.12. The molecule has 2 aliphatic rings. The van der Waals surface area contributed by atoms with Crippen molar-refractivity contribution in [3.8, 4) is 0 Å². The third kappa shape index (κ3) is 1.54. The fraction of sp³-hybridized carbons (Fsp3) is 0.909. The summed E-state index contributed by atoms with van der Waals surface area (Å²) in [6, 6.07) is 0. The van der Waals surface area contributed by atoms with Gasteiger partial charge in [-0.2, -0.15) is 0 Å². The summed E-state index contributed by atoms with van der Waals surface area (Å²) in [6.07, 6.45) is 4.80. The molecule has 3 nitrogen and oxygen atoms in total. The minimum absolute atomic E-state index is 0.255. The summed E-state index contributed by atoms with van der Waals surface area (Å²) in [5.74, 6) is -0.189. The van der Waals surface area contributed by atoms with Gasteiger partial charge >= 0.3 is 5.97 Å². The fourth-order valence-electron chi connectivity index (χ4n) is 2.84. The van der Waals surface area contributed by atoms with Crippen LogP contribution in [0, 0.1) is 11.8 Å². The van der Waals surface area contributed by atoms with Crippen molar-refractivity contribution in [1.82, 2.24) is 0 Å². The van der Waals surface area contributed by atoms with Crippen LogP contribution in [-0.4, -0.2) is 23.3 Å². The first kappa shape index (κ1) is 9.97. The second kappa shape index (κ2) is 3.54. The molecule has 80 valence electrons. The Balaban J connectivity index is 2.10. The number of ether oxygens (including phenoxy) is 1. The molecule has 1 saturated heterocycles. The maximum Gasteiger partial charge on any atom is 0.309 e. The van der Waals surface area contributed by atoms with E-state index in [9.17, 15) is 4.79 Å². The highest BCUT2D eigenvalue weighted by molar-refractivity contribution is 5.72. The number of rotatable bonds is 1. The van der Waals surface area contributed by atoms with Crippen LogP contribution in [0.5, 0.6) is 0 Å². The van der Waals surface area contributed by atoms with Crippen LogP contribution >= 0.6 is 0 Å². The van der Waals surface area contributed by atoms with Crippen LogP contribution in [0.3, 0.4) is 0 Å². The van der Waals surface area contributed by atoms with E-state index in [1.807, 2.05) is 0 Å². The number of hydrogen-bond acceptors (Lipinski definition) is 2. The Morgan fingerprint density at radius 2 is 2.00 bits per heavy atom. The van der Waals surface area contributed by atoms with Gasteiger partial charge < -0.3 is 9.84 Å². The summed E-state index contributed by atoms with van der Waals surface area (Å²) in [6.45, 7) is 2.86. The molecule has 1 spiro atoms. The molecule has 0 aromatic heterocycles. The molecular weight excluding hydrogens is 180 g/mol. The molecule has 0 radical (unpaired) electrons. The number of carbonyl (C=O) groups is 1. The minimum Gasteiger partial charge on any atom is -0.481 e. The molecule has 1 unspecified atom stereocenters. The van der Waals surface area contributed by atoms with Crippen LogP contribution < -0.4 is 0 Å². The SMILES string of the molecule is CC1CCC2(CC1)OCCC2C(=O)O. The monoisotopic (exact) mass is 198 g/mol. The number of carboxylic acid groups (broad SMARTS) is 1. The Labute approximate surface area is 84.4 Å². The molecule has 2 fully saturated rings. The van der Waals surface area contributed by atoms with Crippen molar-refractivity contribution in [2.75, 3.05) is 6.61 Å². The van der Waals surface area contributed by atoms with Gasteiger partial charge in [0.15, 0.2) is 0 Å². The van der Waals surface area contributed by atoms with Gasteiger partial charge in [0.2, 0.25) is 0 Å². The molecule has 14 heavy (non-hydrogen) atoms. The first-order valence-corrected chi connectivity index (χ1v) is 5.51. The third-order valence-corrected chi connectivity index (χ3v) is 3.85. The van der Waals surface area contributed by atoms with E-state index >= 15 is 0 Å². The van der Waals surface area contributed by atoms with Gasteiger partial charge in [-0.05, 0) is 38.0 Å². The second-order valence-corrected chi connectivity index (χ2v) is 4.78. The lowest BCUT2D eigenvalue weighted by atomic mass is 9.73. The van der Waals surface area contributed by atoms with Gasteiger partial charge in [0.1, 0.15) is 0 Å². The number of hydrogen-bond donors (Lipinski definition) is 1. The lowest BCUT2D eigenvalue weighted by Gasteiger charge is -2.38. The maximum absolute atomic E-state index is 11.1. The van der Waals surface area contributed by atoms with Crippen molar-refractivity contribution in [2.45, 2.75) is 44.6 Å². The predicted molar refractivity (Wildman–Crippen MR) is 52.1 cm³/mol. The predicted octanol–water partition coefficient (Wildman–Crippen LogP) is 2.06. The summed E-state index contributed by atoms with van der Waals surface area (Å²) >= 11 is 0. The highest BCUT2D eigenvalue weighted by Crippen LogP contribution is 2.45. The van der Waals surface area contributed by atoms with Gasteiger partial charge in [0.05, 0.1) is 11.5 Å². The first-order valence-electron chi connectivity index (χ1n) is 5.51. The zero-order valence-electron chi connectivity index (χ0n) is 8.66. The molecule has 1 heterocycles. The Morgan fingerprint density at radius 1 is 1.36 bits per heavy atom. The second-order valence-electron chi connectivity index (χ2n) is 4.78. The van der Waals surface area contributed by atoms with Crippen LogP contribution in [-0.2, 0) is 9.53 Å². The van der Waals surface area contributed by atoms with E-state index in [4.69, 9.17) is 9.84 Å². The third-order valence-electron chi connectivity index (χ3n) is 3.85. The van der Waals surface area contributed by atoms with Crippen molar-refractivity contribution >= 4 is 5.97 Å². The van der Waals surface area contributed by atoms with Crippen LogP contribution in [0.15, 0.2) is 0 Å². The lowest BCUT2D eigenvalue weighted by Crippen LogP contribution is -2.42. The molecule has 2 rings (SSSR count). The summed E-state index contributed by atoms with van der Waals surface area (Å²) in [4.78, 5) is 11.1. The number of aliphatic carboxylic acids is 1. The van der Waals surface area contributed by atoms with Crippen LogP contribution in [0.1, 0.15) is 39.0 Å². The smallest absolute Gasteiger partial charge is 0.309 e. The van der Waals surface area contributed by atoms with E-state index in [0.29, 0.717) is 13.0 Å². The van der Waals surface area contributed by atoms with Gasteiger partial charge in [-0.1, -0.05) is 6.92 Å². The quantitative estimate of drug-likeness (QED) is 0.701. The molecule has 0 amide bonds. The minimum atomic E-state index is -0.669.